The fourth-order valence-electron chi connectivity index (χ4n) is 2.38. The van der Waals surface area contributed by atoms with Gasteiger partial charge < -0.3 is 4.79 Å². The molecule has 0 N–H and O–H groups in total. The molecule has 1 aliphatic carbocycles. The van der Waals surface area contributed by atoms with Gasteiger partial charge in [0.2, 0.25) is 0 Å². The summed E-state index contributed by atoms with van der Waals surface area (Å²) in [5.41, 5.74) is 1.96. The van der Waals surface area contributed by atoms with Gasteiger partial charge in [-0.25, -0.2) is 8.42 Å². The highest BCUT2D eigenvalue weighted by molar-refractivity contribution is 7.92. The van der Waals surface area contributed by atoms with Crippen LogP contribution in [-0.2, 0) is 19.4 Å². The molecule has 0 heterocycles. The lowest BCUT2D eigenvalue weighted by Crippen LogP contribution is -2.19. The summed E-state index contributed by atoms with van der Waals surface area (Å²) >= 11 is 0. The van der Waals surface area contributed by atoms with Gasteiger partial charge in [0.1, 0.15) is 6.29 Å². The second kappa shape index (κ2) is 4.50. The molecule has 18 heavy (non-hydrogen) atoms. The molecule has 0 aromatic heterocycles. The molecule has 1 aliphatic rings. The zero-order valence-electron chi connectivity index (χ0n) is 10.7. The Balaban J connectivity index is 2.26. The monoisotopic (exact) mass is 266 g/mol. The summed E-state index contributed by atoms with van der Waals surface area (Å²) in [6.07, 6.45) is 4.15. The molecule has 1 aromatic carbocycles. The number of carbonyl (C=O) groups excluding carboxylic acids is 1. The maximum Gasteiger partial charge on any atom is 0.157 e. The van der Waals surface area contributed by atoms with E-state index in [4.69, 9.17) is 0 Å². The Hall–Kier alpha value is -1.16. The Kier molecular flexibility index (Phi) is 3.32. The first-order valence-corrected chi connectivity index (χ1v) is 8.03. The van der Waals surface area contributed by atoms with Gasteiger partial charge >= 0.3 is 0 Å². The number of hydrogen-bond acceptors (Lipinski definition) is 3. The van der Waals surface area contributed by atoms with Crippen molar-refractivity contribution < 1.29 is 13.2 Å². The molecule has 1 saturated carbocycles. The van der Waals surface area contributed by atoms with Gasteiger partial charge in [0.25, 0.3) is 0 Å². The van der Waals surface area contributed by atoms with Crippen LogP contribution in [0.1, 0.15) is 43.2 Å². The number of hydrogen-bond donors (Lipinski definition) is 0. The van der Waals surface area contributed by atoms with Crippen LogP contribution in [0, 0.1) is 0 Å². The van der Waals surface area contributed by atoms with E-state index in [9.17, 15) is 13.2 Å². The van der Waals surface area contributed by atoms with E-state index in [1.807, 2.05) is 31.2 Å². The molecule has 0 saturated heterocycles. The Morgan fingerprint density at radius 3 is 2.22 bits per heavy atom. The summed E-state index contributed by atoms with van der Waals surface area (Å²) in [5, 5.41) is 0. The minimum absolute atomic E-state index is 0.185. The number of sulfone groups is 1. The SMILES string of the molecule is CC(CC=O)c1ccc(C2(S(C)(=O)=O)CC2)cc1. The van der Waals surface area contributed by atoms with Gasteiger partial charge in [0.05, 0.1) is 4.75 Å². The lowest BCUT2D eigenvalue weighted by molar-refractivity contribution is -0.108. The van der Waals surface area contributed by atoms with E-state index in [1.165, 1.54) is 6.26 Å². The average molecular weight is 266 g/mol. The van der Waals surface area contributed by atoms with Gasteiger partial charge in [0, 0.05) is 12.7 Å². The lowest BCUT2D eigenvalue weighted by atomic mass is 9.96. The van der Waals surface area contributed by atoms with E-state index < -0.39 is 14.6 Å². The van der Waals surface area contributed by atoms with Crippen molar-refractivity contribution in [3.63, 3.8) is 0 Å². The van der Waals surface area contributed by atoms with E-state index in [1.54, 1.807) is 0 Å². The van der Waals surface area contributed by atoms with Gasteiger partial charge in [-0.15, -0.1) is 0 Å². The molecule has 1 aromatic rings. The zero-order chi connectivity index (χ0) is 13.4. The first kappa shape index (κ1) is 13.3. The third-order valence-corrected chi connectivity index (χ3v) is 5.93. The lowest BCUT2D eigenvalue weighted by Gasteiger charge is -2.15. The van der Waals surface area contributed by atoms with Crippen LogP contribution >= 0.6 is 0 Å². The largest absolute Gasteiger partial charge is 0.303 e. The molecule has 0 radical (unpaired) electrons. The first-order valence-electron chi connectivity index (χ1n) is 6.14. The van der Waals surface area contributed by atoms with E-state index in [2.05, 4.69) is 0 Å². The minimum atomic E-state index is -3.04. The molecule has 2 rings (SSSR count). The smallest absolute Gasteiger partial charge is 0.157 e. The maximum atomic E-state index is 11.8. The highest BCUT2D eigenvalue weighted by atomic mass is 32.2. The third kappa shape index (κ3) is 2.21. The molecule has 1 unspecified atom stereocenters. The molecule has 0 bridgehead atoms. The Bertz CT molecular complexity index is 539. The highest BCUT2D eigenvalue weighted by Gasteiger charge is 2.53. The molecule has 0 spiro atoms. The van der Waals surface area contributed by atoms with Crippen molar-refractivity contribution in [2.24, 2.45) is 0 Å². The van der Waals surface area contributed by atoms with Crippen molar-refractivity contribution in [2.45, 2.75) is 36.9 Å². The van der Waals surface area contributed by atoms with Crippen LogP contribution in [0.3, 0.4) is 0 Å². The van der Waals surface area contributed by atoms with Crippen LogP contribution in [0.5, 0.6) is 0 Å². The summed E-state index contributed by atoms with van der Waals surface area (Å²) in [6.45, 7) is 1.99. The average Bonchev–Trinajstić information content (AvgIpc) is 3.10. The van der Waals surface area contributed by atoms with Crippen molar-refractivity contribution in [1.82, 2.24) is 0 Å². The van der Waals surface area contributed by atoms with Crippen LogP contribution in [0.15, 0.2) is 24.3 Å². The molecule has 1 atom stereocenters. The van der Waals surface area contributed by atoms with Gasteiger partial charge in [-0.05, 0) is 29.9 Å². The van der Waals surface area contributed by atoms with Gasteiger partial charge in [-0.2, -0.15) is 0 Å². The Morgan fingerprint density at radius 1 is 1.28 bits per heavy atom. The van der Waals surface area contributed by atoms with E-state index >= 15 is 0 Å². The highest BCUT2D eigenvalue weighted by Crippen LogP contribution is 2.52. The summed E-state index contributed by atoms with van der Waals surface area (Å²) in [5.74, 6) is 0.185. The molecule has 4 heteroatoms. The Labute approximate surface area is 108 Å². The van der Waals surface area contributed by atoms with Gasteiger partial charge in [-0.1, -0.05) is 31.2 Å². The maximum absolute atomic E-state index is 11.8. The van der Waals surface area contributed by atoms with Gasteiger partial charge in [-0.3, -0.25) is 0 Å². The van der Waals surface area contributed by atoms with Crippen LogP contribution < -0.4 is 0 Å². The molecular formula is C14H18O3S. The third-order valence-electron chi connectivity index (χ3n) is 3.87. The van der Waals surface area contributed by atoms with Gasteiger partial charge in [0.15, 0.2) is 9.84 Å². The summed E-state index contributed by atoms with van der Waals surface area (Å²) < 4.78 is 22.9. The second-order valence-electron chi connectivity index (χ2n) is 5.19. The molecule has 98 valence electrons. The number of rotatable bonds is 5. The van der Waals surface area contributed by atoms with E-state index in [-0.39, 0.29) is 5.92 Å². The molecule has 3 nitrogen and oxygen atoms in total. The molecule has 0 aliphatic heterocycles. The second-order valence-corrected chi connectivity index (χ2v) is 7.52. The Morgan fingerprint density at radius 2 is 1.83 bits per heavy atom. The summed E-state index contributed by atoms with van der Waals surface area (Å²) in [6, 6.07) is 7.67. The fraction of sp³-hybridized carbons (Fsp3) is 0.500. The van der Waals surface area contributed by atoms with Crippen molar-refractivity contribution in [1.29, 1.82) is 0 Å². The predicted molar refractivity (Wildman–Crippen MR) is 71.3 cm³/mol. The standard InChI is InChI=1S/C14H18O3S/c1-11(7-10-15)12-3-5-13(6-4-12)14(8-9-14)18(2,16)17/h3-6,10-11H,7-9H2,1-2H3. The van der Waals surface area contributed by atoms with Crippen LogP contribution in [0.2, 0.25) is 0 Å². The van der Waals surface area contributed by atoms with Crippen molar-refractivity contribution >= 4 is 16.1 Å². The van der Waals surface area contributed by atoms with Crippen LogP contribution in [0.4, 0.5) is 0 Å². The predicted octanol–water partition coefficient (Wildman–Crippen LogP) is 2.41. The van der Waals surface area contributed by atoms with Crippen molar-refractivity contribution in [2.75, 3.05) is 6.26 Å². The quantitative estimate of drug-likeness (QED) is 0.769. The van der Waals surface area contributed by atoms with Crippen LogP contribution in [0.25, 0.3) is 0 Å². The number of aldehydes is 1. The molecular weight excluding hydrogens is 248 g/mol. The molecule has 1 fully saturated rings. The molecule has 0 amide bonds. The van der Waals surface area contributed by atoms with Crippen molar-refractivity contribution in [3.05, 3.63) is 35.4 Å². The van der Waals surface area contributed by atoms with E-state index in [0.29, 0.717) is 6.42 Å². The zero-order valence-corrected chi connectivity index (χ0v) is 11.5. The number of benzene rings is 1. The normalized spacial score (nSPS) is 19.2. The number of carbonyl (C=O) groups is 1. The minimum Gasteiger partial charge on any atom is -0.303 e. The van der Waals surface area contributed by atoms with Crippen LogP contribution in [-0.4, -0.2) is 21.0 Å². The summed E-state index contributed by atoms with van der Waals surface area (Å²) in [4.78, 5) is 10.5. The summed E-state index contributed by atoms with van der Waals surface area (Å²) in [7, 11) is -3.04. The van der Waals surface area contributed by atoms with E-state index in [0.717, 1.165) is 30.3 Å². The topological polar surface area (TPSA) is 51.2 Å². The van der Waals surface area contributed by atoms with Crippen molar-refractivity contribution in [3.8, 4) is 0 Å². The first-order chi connectivity index (χ1) is 8.40. The fourth-order valence-corrected chi connectivity index (χ4v) is 3.79.